The predicted molar refractivity (Wildman–Crippen MR) is 84.2 cm³/mol. The minimum atomic E-state index is 0.154. The van der Waals surface area contributed by atoms with Crippen LogP contribution in [0, 0.1) is 6.92 Å². The summed E-state index contributed by atoms with van der Waals surface area (Å²) in [4.78, 5) is 4.74. The molecule has 1 fully saturated rings. The molecule has 0 N–H and O–H groups in total. The summed E-state index contributed by atoms with van der Waals surface area (Å²) >= 11 is 0. The van der Waals surface area contributed by atoms with E-state index in [2.05, 4.69) is 33.0 Å². The fourth-order valence-corrected chi connectivity index (χ4v) is 2.88. The smallest absolute Gasteiger partial charge is 0.233 e. The van der Waals surface area contributed by atoms with Crippen molar-refractivity contribution < 1.29 is 9.15 Å². The van der Waals surface area contributed by atoms with E-state index in [1.807, 2.05) is 25.1 Å². The molecule has 0 bridgehead atoms. The van der Waals surface area contributed by atoms with Crippen molar-refractivity contribution in [3.05, 3.63) is 36.0 Å². The van der Waals surface area contributed by atoms with Gasteiger partial charge in [0, 0.05) is 33.1 Å². The Hall–Kier alpha value is -2.08. The van der Waals surface area contributed by atoms with Crippen molar-refractivity contribution in [3.63, 3.8) is 0 Å². The second kappa shape index (κ2) is 6.36. The highest BCUT2D eigenvalue weighted by Gasteiger charge is 2.26. The number of ether oxygens (including phenoxy) is 1. The summed E-state index contributed by atoms with van der Waals surface area (Å²) in [5.41, 5.74) is 1.16. The van der Waals surface area contributed by atoms with Gasteiger partial charge in [-0.1, -0.05) is 12.1 Å². The lowest BCUT2D eigenvalue weighted by atomic mass is 10.2. The molecule has 118 valence electrons. The third-order valence-electron chi connectivity index (χ3n) is 4.19. The molecule has 2 heterocycles. The number of hydrogen-bond donors (Lipinski definition) is 0. The van der Waals surface area contributed by atoms with Crippen LogP contribution in [-0.4, -0.2) is 48.4 Å². The first-order valence-corrected chi connectivity index (χ1v) is 7.61. The summed E-state index contributed by atoms with van der Waals surface area (Å²) in [6.07, 6.45) is 0. The number of para-hydroxylation sites is 2. The Bertz CT molecular complexity index is 620. The van der Waals surface area contributed by atoms with E-state index in [0.717, 1.165) is 37.6 Å². The van der Waals surface area contributed by atoms with Gasteiger partial charge in [-0.3, -0.25) is 4.90 Å². The van der Waals surface area contributed by atoms with Crippen molar-refractivity contribution in [2.45, 2.75) is 19.9 Å². The van der Waals surface area contributed by atoms with Gasteiger partial charge in [-0.05, 0) is 19.1 Å². The largest absolute Gasteiger partial charge is 0.495 e. The van der Waals surface area contributed by atoms with E-state index in [-0.39, 0.29) is 6.04 Å². The van der Waals surface area contributed by atoms with Crippen molar-refractivity contribution in [1.82, 2.24) is 15.1 Å². The van der Waals surface area contributed by atoms with E-state index in [9.17, 15) is 0 Å². The van der Waals surface area contributed by atoms with Gasteiger partial charge in [0.1, 0.15) is 5.75 Å². The molecule has 1 atom stereocenters. The molecule has 6 nitrogen and oxygen atoms in total. The van der Waals surface area contributed by atoms with E-state index < -0.39 is 0 Å². The van der Waals surface area contributed by atoms with Crippen LogP contribution in [0.15, 0.2) is 28.7 Å². The number of piperazine rings is 1. The molecule has 0 aliphatic carbocycles. The molecule has 1 aromatic carbocycles. The molecule has 1 aromatic heterocycles. The van der Waals surface area contributed by atoms with Crippen molar-refractivity contribution in [2.24, 2.45) is 0 Å². The van der Waals surface area contributed by atoms with Gasteiger partial charge in [0.05, 0.1) is 18.8 Å². The maximum absolute atomic E-state index is 5.55. The highest BCUT2D eigenvalue weighted by Crippen LogP contribution is 2.29. The second-order valence-corrected chi connectivity index (χ2v) is 5.53. The van der Waals surface area contributed by atoms with Gasteiger partial charge in [0.15, 0.2) is 0 Å². The SMILES string of the molecule is COc1ccccc1N1CCN(C(C)c2nnc(C)o2)CC1. The lowest BCUT2D eigenvalue weighted by Crippen LogP contribution is -2.47. The number of nitrogens with zero attached hydrogens (tertiary/aromatic N) is 4. The van der Waals surface area contributed by atoms with Crippen LogP contribution in [0.4, 0.5) is 5.69 Å². The first kappa shape index (κ1) is 14.8. The minimum Gasteiger partial charge on any atom is -0.495 e. The normalized spacial score (nSPS) is 17.5. The number of hydrogen-bond acceptors (Lipinski definition) is 6. The molecule has 1 aliphatic heterocycles. The number of anilines is 1. The molecule has 22 heavy (non-hydrogen) atoms. The molecular weight excluding hydrogens is 280 g/mol. The van der Waals surface area contributed by atoms with E-state index in [1.165, 1.54) is 0 Å². The van der Waals surface area contributed by atoms with E-state index in [0.29, 0.717) is 11.8 Å². The van der Waals surface area contributed by atoms with Crippen molar-refractivity contribution in [2.75, 3.05) is 38.2 Å². The zero-order valence-corrected chi connectivity index (χ0v) is 13.3. The van der Waals surface area contributed by atoms with Gasteiger partial charge in [0.25, 0.3) is 0 Å². The average Bonchev–Trinajstić information content (AvgIpc) is 3.01. The molecule has 0 saturated carbocycles. The second-order valence-electron chi connectivity index (χ2n) is 5.53. The van der Waals surface area contributed by atoms with Crippen molar-refractivity contribution >= 4 is 5.69 Å². The van der Waals surface area contributed by atoms with Gasteiger partial charge in [0.2, 0.25) is 11.8 Å². The Morgan fingerprint density at radius 2 is 1.86 bits per heavy atom. The number of rotatable bonds is 4. The Labute approximate surface area is 130 Å². The van der Waals surface area contributed by atoms with Crippen molar-refractivity contribution in [1.29, 1.82) is 0 Å². The van der Waals surface area contributed by atoms with Crippen LogP contribution in [0.2, 0.25) is 0 Å². The Morgan fingerprint density at radius 1 is 1.14 bits per heavy atom. The van der Waals surface area contributed by atoms with Crippen LogP contribution in [-0.2, 0) is 0 Å². The fraction of sp³-hybridized carbons (Fsp3) is 0.500. The van der Waals surface area contributed by atoms with Crippen LogP contribution in [0.5, 0.6) is 5.75 Å². The molecule has 1 saturated heterocycles. The third kappa shape index (κ3) is 2.92. The predicted octanol–water partition coefficient (Wildman–Crippen LogP) is 2.27. The molecule has 0 amide bonds. The summed E-state index contributed by atoms with van der Waals surface area (Å²) in [5, 5.41) is 8.05. The Balaban J connectivity index is 1.65. The number of methoxy groups -OCH3 is 1. The van der Waals surface area contributed by atoms with E-state index >= 15 is 0 Å². The van der Waals surface area contributed by atoms with Crippen LogP contribution >= 0.6 is 0 Å². The van der Waals surface area contributed by atoms with Gasteiger partial charge in [-0.25, -0.2) is 0 Å². The lowest BCUT2D eigenvalue weighted by molar-refractivity contribution is 0.171. The summed E-state index contributed by atoms with van der Waals surface area (Å²) in [7, 11) is 1.72. The standard InChI is InChI=1S/C16H22N4O2/c1-12(16-18-17-13(2)22-16)19-8-10-20(11-9-19)14-6-4-5-7-15(14)21-3/h4-7,12H,8-11H2,1-3H3. The topological polar surface area (TPSA) is 54.6 Å². The van der Waals surface area contributed by atoms with Gasteiger partial charge >= 0.3 is 0 Å². The molecular formula is C16H22N4O2. The third-order valence-corrected chi connectivity index (χ3v) is 4.19. The average molecular weight is 302 g/mol. The quantitative estimate of drug-likeness (QED) is 0.863. The van der Waals surface area contributed by atoms with Crippen LogP contribution in [0.3, 0.4) is 0 Å². The number of benzene rings is 1. The Kier molecular flexibility index (Phi) is 4.29. The summed E-state index contributed by atoms with van der Waals surface area (Å²) in [6, 6.07) is 8.32. The lowest BCUT2D eigenvalue weighted by Gasteiger charge is -2.38. The molecule has 1 aliphatic rings. The Morgan fingerprint density at radius 3 is 2.50 bits per heavy atom. The molecule has 2 aromatic rings. The molecule has 0 spiro atoms. The molecule has 0 radical (unpaired) electrons. The number of aryl methyl sites for hydroxylation is 1. The zero-order chi connectivity index (χ0) is 15.5. The monoisotopic (exact) mass is 302 g/mol. The summed E-state index contributed by atoms with van der Waals surface area (Å²) < 4.78 is 11.0. The molecule has 6 heteroatoms. The maximum Gasteiger partial charge on any atom is 0.233 e. The highest BCUT2D eigenvalue weighted by molar-refractivity contribution is 5.58. The molecule has 1 unspecified atom stereocenters. The van der Waals surface area contributed by atoms with Crippen LogP contribution in [0.1, 0.15) is 24.7 Å². The zero-order valence-electron chi connectivity index (χ0n) is 13.3. The van der Waals surface area contributed by atoms with E-state index in [1.54, 1.807) is 7.11 Å². The van der Waals surface area contributed by atoms with Crippen LogP contribution < -0.4 is 9.64 Å². The number of aromatic nitrogens is 2. The molecule has 3 rings (SSSR count). The first-order chi connectivity index (χ1) is 10.7. The van der Waals surface area contributed by atoms with Gasteiger partial charge in [-0.2, -0.15) is 0 Å². The van der Waals surface area contributed by atoms with Crippen molar-refractivity contribution in [3.8, 4) is 5.75 Å². The summed E-state index contributed by atoms with van der Waals surface area (Å²) in [6.45, 7) is 7.77. The maximum atomic E-state index is 5.55. The van der Waals surface area contributed by atoms with E-state index in [4.69, 9.17) is 9.15 Å². The fourth-order valence-electron chi connectivity index (χ4n) is 2.88. The summed E-state index contributed by atoms with van der Waals surface area (Å²) in [5.74, 6) is 2.24. The first-order valence-electron chi connectivity index (χ1n) is 7.61. The minimum absolute atomic E-state index is 0.154. The highest BCUT2D eigenvalue weighted by atomic mass is 16.5. The van der Waals surface area contributed by atoms with Crippen LogP contribution in [0.25, 0.3) is 0 Å². The van der Waals surface area contributed by atoms with Gasteiger partial charge in [-0.15, -0.1) is 10.2 Å². The van der Waals surface area contributed by atoms with Gasteiger partial charge < -0.3 is 14.1 Å².